The molecular formula is C19H19ClN6O2. The standard InChI is InChI=1S/C19H19ClN6O2/c1-2-28-15-6-4-3-5-14(15)24-17-16(21)18(23-11-22-17)25-26-19(27)12-7-9-13(20)10-8-12/h3-11H,2,21H2,1H3,(H,26,27)(H2,22,23,24,25). The van der Waals surface area contributed by atoms with Crippen molar-refractivity contribution < 1.29 is 9.53 Å². The van der Waals surface area contributed by atoms with E-state index in [4.69, 9.17) is 22.1 Å². The van der Waals surface area contributed by atoms with Gasteiger partial charge in [-0.2, -0.15) is 0 Å². The molecule has 3 aromatic rings. The van der Waals surface area contributed by atoms with Crippen LogP contribution < -0.4 is 26.6 Å². The first kappa shape index (κ1) is 19.2. The van der Waals surface area contributed by atoms with Gasteiger partial charge in [0.15, 0.2) is 11.6 Å². The highest BCUT2D eigenvalue weighted by atomic mass is 35.5. The minimum Gasteiger partial charge on any atom is -0.492 e. The summed E-state index contributed by atoms with van der Waals surface area (Å²) in [5.41, 5.74) is 12.8. The van der Waals surface area contributed by atoms with Gasteiger partial charge in [-0.3, -0.25) is 15.6 Å². The van der Waals surface area contributed by atoms with Gasteiger partial charge in [0.25, 0.3) is 5.91 Å². The molecule has 5 N–H and O–H groups in total. The minimum atomic E-state index is -0.356. The lowest BCUT2D eigenvalue weighted by atomic mass is 10.2. The van der Waals surface area contributed by atoms with Crippen LogP contribution in [0.25, 0.3) is 0 Å². The molecule has 9 heteroatoms. The number of hydrazine groups is 1. The molecule has 0 saturated carbocycles. The van der Waals surface area contributed by atoms with E-state index >= 15 is 0 Å². The zero-order chi connectivity index (χ0) is 19.9. The maximum absolute atomic E-state index is 12.2. The number of nitrogens with zero attached hydrogens (tertiary/aromatic N) is 2. The van der Waals surface area contributed by atoms with Crippen LogP contribution in [0.15, 0.2) is 54.9 Å². The van der Waals surface area contributed by atoms with E-state index < -0.39 is 0 Å². The molecule has 0 aliphatic carbocycles. The number of hydrogen-bond donors (Lipinski definition) is 4. The van der Waals surface area contributed by atoms with Gasteiger partial charge in [0, 0.05) is 10.6 Å². The number of benzene rings is 2. The highest BCUT2D eigenvalue weighted by Crippen LogP contribution is 2.30. The Morgan fingerprint density at radius 3 is 2.57 bits per heavy atom. The van der Waals surface area contributed by atoms with Crippen molar-refractivity contribution in [1.82, 2.24) is 15.4 Å². The molecule has 144 valence electrons. The second kappa shape index (κ2) is 8.92. The first-order chi connectivity index (χ1) is 13.6. The van der Waals surface area contributed by atoms with Crippen LogP contribution in [0.3, 0.4) is 0 Å². The van der Waals surface area contributed by atoms with Crippen LogP contribution in [-0.4, -0.2) is 22.5 Å². The number of anilines is 4. The Hall–Kier alpha value is -3.52. The molecular weight excluding hydrogens is 380 g/mol. The highest BCUT2D eigenvalue weighted by Gasteiger charge is 2.12. The van der Waals surface area contributed by atoms with Gasteiger partial charge in [0.2, 0.25) is 0 Å². The van der Waals surface area contributed by atoms with E-state index in [1.807, 2.05) is 31.2 Å². The van der Waals surface area contributed by atoms with Crippen molar-refractivity contribution in [2.75, 3.05) is 23.1 Å². The van der Waals surface area contributed by atoms with Crippen molar-refractivity contribution in [3.8, 4) is 5.75 Å². The quantitative estimate of drug-likeness (QED) is 0.449. The van der Waals surface area contributed by atoms with Crippen molar-refractivity contribution in [2.24, 2.45) is 0 Å². The minimum absolute atomic E-state index is 0.241. The summed E-state index contributed by atoms with van der Waals surface area (Å²) in [6, 6.07) is 13.9. The monoisotopic (exact) mass is 398 g/mol. The number of nitrogen functional groups attached to an aromatic ring is 1. The molecule has 0 aliphatic heterocycles. The Labute approximate surface area is 167 Å². The Kier molecular flexibility index (Phi) is 6.13. The first-order valence-corrected chi connectivity index (χ1v) is 8.87. The van der Waals surface area contributed by atoms with E-state index in [9.17, 15) is 4.79 Å². The summed E-state index contributed by atoms with van der Waals surface area (Å²) < 4.78 is 5.59. The van der Waals surface area contributed by atoms with Gasteiger partial charge in [0.1, 0.15) is 17.8 Å². The van der Waals surface area contributed by atoms with Crippen molar-refractivity contribution in [3.05, 3.63) is 65.4 Å². The zero-order valence-corrected chi connectivity index (χ0v) is 15.8. The van der Waals surface area contributed by atoms with E-state index in [0.29, 0.717) is 34.4 Å². The molecule has 0 fully saturated rings. The second-order valence-electron chi connectivity index (χ2n) is 5.62. The van der Waals surface area contributed by atoms with E-state index in [1.54, 1.807) is 24.3 Å². The smallest absolute Gasteiger partial charge is 0.269 e. The Balaban J connectivity index is 1.72. The van der Waals surface area contributed by atoms with E-state index in [1.165, 1.54) is 6.33 Å². The summed E-state index contributed by atoms with van der Waals surface area (Å²) in [5.74, 6) is 0.957. The van der Waals surface area contributed by atoms with Gasteiger partial charge in [-0.05, 0) is 43.3 Å². The molecule has 0 radical (unpaired) electrons. The number of carbonyl (C=O) groups excluding carboxylic acids is 1. The number of halogens is 1. The van der Waals surface area contributed by atoms with Crippen LogP contribution in [0.2, 0.25) is 5.02 Å². The molecule has 0 unspecified atom stereocenters. The average Bonchev–Trinajstić information content (AvgIpc) is 2.70. The number of para-hydroxylation sites is 2. The fraction of sp³-hybridized carbons (Fsp3) is 0.105. The Morgan fingerprint density at radius 1 is 1.11 bits per heavy atom. The third-order valence-corrected chi connectivity index (χ3v) is 3.98. The second-order valence-corrected chi connectivity index (χ2v) is 6.06. The lowest BCUT2D eigenvalue weighted by Crippen LogP contribution is -2.30. The van der Waals surface area contributed by atoms with Gasteiger partial charge in [-0.1, -0.05) is 23.7 Å². The molecule has 1 heterocycles. The fourth-order valence-corrected chi connectivity index (χ4v) is 2.49. The Morgan fingerprint density at radius 2 is 1.82 bits per heavy atom. The predicted octanol–water partition coefficient (Wildman–Crippen LogP) is 3.61. The SMILES string of the molecule is CCOc1ccccc1Nc1ncnc(NNC(=O)c2ccc(Cl)cc2)c1N. The molecule has 8 nitrogen and oxygen atoms in total. The number of carbonyl (C=O) groups is 1. The zero-order valence-electron chi connectivity index (χ0n) is 15.1. The first-order valence-electron chi connectivity index (χ1n) is 8.49. The van der Waals surface area contributed by atoms with Crippen molar-refractivity contribution in [3.63, 3.8) is 0 Å². The maximum atomic E-state index is 12.2. The topological polar surface area (TPSA) is 114 Å². The van der Waals surface area contributed by atoms with Crippen LogP contribution in [0, 0.1) is 0 Å². The van der Waals surface area contributed by atoms with Gasteiger partial charge in [-0.15, -0.1) is 0 Å². The Bertz CT molecular complexity index is 965. The molecule has 0 aliphatic rings. The molecule has 0 spiro atoms. The number of hydrogen-bond acceptors (Lipinski definition) is 7. The number of amides is 1. The molecule has 3 rings (SSSR count). The molecule has 28 heavy (non-hydrogen) atoms. The van der Waals surface area contributed by atoms with E-state index in [-0.39, 0.29) is 17.4 Å². The van der Waals surface area contributed by atoms with Crippen LogP contribution >= 0.6 is 11.6 Å². The lowest BCUT2D eigenvalue weighted by molar-refractivity contribution is 0.0962. The summed E-state index contributed by atoms with van der Waals surface area (Å²) in [7, 11) is 0. The molecule has 1 aromatic heterocycles. The fourth-order valence-electron chi connectivity index (χ4n) is 2.36. The van der Waals surface area contributed by atoms with Crippen LogP contribution in [0.1, 0.15) is 17.3 Å². The molecule has 0 bridgehead atoms. The maximum Gasteiger partial charge on any atom is 0.269 e. The van der Waals surface area contributed by atoms with Gasteiger partial charge in [0.05, 0.1) is 12.3 Å². The number of aromatic nitrogens is 2. The van der Waals surface area contributed by atoms with Crippen molar-refractivity contribution in [2.45, 2.75) is 6.92 Å². The summed E-state index contributed by atoms with van der Waals surface area (Å²) in [4.78, 5) is 20.4. The van der Waals surface area contributed by atoms with Gasteiger partial charge in [-0.25, -0.2) is 9.97 Å². The van der Waals surface area contributed by atoms with Crippen molar-refractivity contribution >= 4 is 40.5 Å². The van der Waals surface area contributed by atoms with Crippen molar-refractivity contribution in [1.29, 1.82) is 0 Å². The molecule has 0 saturated heterocycles. The number of nitrogens with two attached hydrogens (primary N) is 1. The number of rotatable bonds is 7. The molecule has 0 atom stereocenters. The van der Waals surface area contributed by atoms with Gasteiger partial charge >= 0.3 is 0 Å². The number of ether oxygens (including phenoxy) is 1. The largest absolute Gasteiger partial charge is 0.492 e. The number of nitrogens with one attached hydrogen (secondary N) is 3. The highest BCUT2D eigenvalue weighted by molar-refractivity contribution is 6.30. The van der Waals surface area contributed by atoms with Crippen LogP contribution in [0.5, 0.6) is 5.75 Å². The molecule has 1 amide bonds. The average molecular weight is 399 g/mol. The third-order valence-electron chi connectivity index (χ3n) is 3.72. The lowest BCUT2D eigenvalue weighted by Gasteiger charge is -2.15. The van der Waals surface area contributed by atoms with E-state index in [0.717, 1.165) is 0 Å². The van der Waals surface area contributed by atoms with E-state index in [2.05, 4.69) is 26.1 Å². The van der Waals surface area contributed by atoms with Crippen LogP contribution in [-0.2, 0) is 0 Å². The normalized spacial score (nSPS) is 10.2. The molecule has 2 aromatic carbocycles. The summed E-state index contributed by atoms with van der Waals surface area (Å²) >= 11 is 5.83. The summed E-state index contributed by atoms with van der Waals surface area (Å²) in [6.07, 6.45) is 1.33. The van der Waals surface area contributed by atoms with Gasteiger partial charge < -0.3 is 15.8 Å². The third kappa shape index (κ3) is 4.60. The predicted molar refractivity (Wildman–Crippen MR) is 110 cm³/mol. The van der Waals surface area contributed by atoms with Crippen LogP contribution in [0.4, 0.5) is 23.0 Å². The summed E-state index contributed by atoms with van der Waals surface area (Å²) in [6.45, 7) is 2.43. The summed E-state index contributed by atoms with van der Waals surface area (Å²) in [5, 5.41) is 3.67.